The van der Waals surface area contributed by atoms with Crippen molar-refractivity contribution in [1.29, 1.82) is 0 Å². The van der Waals surface area contributed by atoms with Crippen molar-refractivity contribution in [2.75, 3.05) is 10.7 Å². The molecule has 1 aliphatic rings. The summed E-state index contributed by atoms with van der Waals surface area (Å²) in [6.07, 6.45) is 3.50. The first-order valence-corrected chi connectivity index (χ1v) is 8.33. The van der Waals surface area contributed by atoms with Crippen LogP contribution in [0.25, 0.3) is 11.4 Å². The average Bonchev–Trinajstić information content (AvgIpc) is 3.23. The highest BCUT2D eigenvalue weighted by Crippen LogP contribution is 2.40. The molecule has 5 nitrogen and oxygen atoms in total. The van der Waals surface area contributed by atoms with Crippen molar-refractivity contribution in [3.63, 3.8) is 0 Å². The summed E-state index contributed by atoms with van der Waals surface area (Å²) >= 11 is 1.58. The van der Waals surface area contributed by atoms with E-state index in [1.807, 2.05) is 48.5 Å². The van der Waals surface area contributed by atoms with Crippen LogP contribution >= 0.6 is 11.8 Å². The maximum Gasteiger partial charge on any atom is 0.239 e. The lowest BCUT2D eigenvalue weighted by Crippen LogP contribution is -2.28. The molecule has 0 aliphatic carbocycles. The number of H-pyrrole nitrogens is 1. The van der Waals surface area contributed by atoms with E-state index in [-0.39, 0.29) is 11.3 Å². The average molecular weight is 322 g/mol. The molecule has 23 heavy (non-hydrogen) atoms. The molecular formula is C17H14N4OS. The molecule has 1 atom stereocenters. The van der Waals surface area contributed by atoms with Crippen molar-refractivity contribution in [3.05, 3.63) is 66.6 Å². The van der Waals surface area contributed by atoms with E-state index in [1.54, 1.807) is 29.1 Å². The molecule has 114 valence electrons. The highest BCUT2D eigenvalue weighted by atomic mass is 32.2. The predicted molar refractivity (Wildman–Crippen MR) is 90.9 cm³/mol. The lowest BCUT2D eigenvalue weighted by molar-refractivity contribution is -0.115. The van der Waals surface area contributed by atoms with Gasteiger partial charge in [0.2, 0.25) is 5.91 Å². The predicted octanol–water partition coefficient (Wildman–Crippen LogP) is 3.25. The van der Waals surface area contributed by atoms with Gasteiger partial charge in [0.05, 0.1) is 17.6 Å². The fraction of sp³-hybridized carbons (Fsp3) is 0.118. The number of nitrogens with zero attached hydrogens (tertiary/aromatic N) is 3. The van der Waals surface area contributed by atoms with Crippen LogP contribution in [0.5, 0.6) is 0 Å². The van der Waals surface area contributed by atoms with E-state index in [9.17, 15) is 4.79 Å². The van der Waals surface area contributed by atoms with Gasteiger partial charge in [0.25, 0.3) is 0 Å². The minimum atomic E-state index is -0.123. The van der Waals surface area contributed by atoms with Gasteiger partial charge in [-0.1, -0.05) is 36.4 Å². The zero-order valence-electron chi connectivity index (χ0n) is 12.2. The number of pyridine rings is 1. The molecule has 3 aromatic rings. The number of aromatic amines is 1. The number of aromatic nitrogens is 3. The summed E-state index contributed by atoms with van der Waals surface area (Å²) < 4.78 is 0. The number of carbonyl (C=O) groups excluding carboxylic acids is 1. The largest absolute Gasteiger partial charge is 0.339 e. The summed E-state index contributed by atoms with van der Waals surface area (Å²) in [4.78, 5) is 26.1. The second kappa shape index (κ2) is 5.89. The SMILES string of the molecule is O=C1CSC(c2cnc(-c3ccccc3)[nH]2)N1c1ccccn1. The molecule has 3 heterocycles. The Morgan fingerprint density at radius 3 is 2.70 bits per heavy atom. The van der Waals surface area contributed by atoms with Crippen LogP contribution in [0.15, 0.2) is 60.9 Å². The summed E-state index contributed by atoms with van der Waals surface area (Å²) in [5.41, 5.74) is 1.93. The Labute approximate surface area is 137 Å². The van der Waals surface area contributed by atoms with Gasteiger partial charge in [0.15, 0.2) is 0 Å². The van der Waals surface area contributed by atoms with Crippen molar-refractivity contribution in [1.82, 2.24) is 15.0 Å². The molecule has 1 aromatic carbocycles. The van der Waals surface area contributed by atoms with Gasteiger partial charge in [-0.05, 0) is 12.1 Å². The normalized spacial score (nSPS) is 17.7. The Bertz CT molecular complexity index is 819. The quantitative estimate of drug-likeness (QED) is 0.804. The van der Waals surface area contributed by atoms with Gasteiger partial charge in [0, 0.05) is 11.8 Å². The van der Waals surface area contributed by atoms with E-state index in [2.05, 4.69) is 15.0 Å². The van der Waals surface area contributed by atoms with Crippen LogP contribution in [0.2, 0.25) is 0 Å². The Kier molecular flexibility index (Phi) is 3.59. The maximum atomic E-state index is 12.3. The summed E-state index contributed by atoms with van der Waals surface area (Å²) in [7, 11) is 0. The van der Waals surface area contributed by atoms with Crippen LogP contribution < -0.4 is 4.90 Å². The Morgan fingerprint density at radius 1 is 1.09 bits per heavy atom. The highest BCUT2D eigenvalue weighted by molar-refractivity contribution is 8.00. The van der Waals surface area contributed by atoms with Crippen molar-refractivity contribution in [2.45, 2.75) is 5.37 Å². The van der Waals surface area contributed by atoms with Crippen LogP contribution in [-0.4, -0.2) is 26.6 Å². The molecule has 6 heteroatoms. The molecule has 4 rings (SSSR count). The first kappa shape index (κ1) is 14.0. The minimum absolute atomic E-state index is 0.0644. The number of anilines is 1. The fourth-order valence-corrected chi connectivity index (χ4v) is 3.72. The molecule has 0 spiro atoms. The molecule has 1 unspecified atom stereocenters. The first-order valence-electron chi connectivity index (χ1n) is 7.28. The second-order valence-corrected chi connectivity index (χ2v) is 6.24. The molecule has 1 amide bonds. The number of benzene rings is 1. The zero-order chi connectivity index (χ0) is 15.6. The van der Waals surface area contributed by atoms with Crippen LogP contribution in [0.1, 0.15) is 11.1 Å². The first-order chi connectivity index (χ1) is 11.3. The van der Waals surface area contributed by atoms with Crippen molar-refractivity contribution in [2.24, 2.45) is 0 Å². The highest BCUT2D eigenvalue weighted by Gasteiger charge is 2.35. The van der Waals surface area contributed by atoms with Crippen LogP contribution in [0.3, 0.4) is 0 Å². The van der Waals surface area contributed by atoms with E-state index >= 15 is 0 Å². The number of nitrogens with one attached hydrogen (secondary N) is 1. The number of thioether (sulfide) groups is 1. The molecule has 0 radical (unpaired) electrons. The molecular weight excluding hydrogens is 308 g/mol. The zero-order valence-corrected chi connectivity index (χ0v) is 13.0. The van der Waals surface area contributed by atoms with Crippen molar-refractivity contribution in [3.8, 4) is 11.4 Å². The summed E-state index contributed by atoms with van der Waals surface area (Å²) in [6, 6.07) is 15.5. The number of carbonyl (C=O) groups is 1. The maximum absolute atomic E-state index is 12.3. The smallest absolute Gasteiger partial charge is 0.239 e. The summed E-state index contributed by atoms with van der Waals surface area (Å²) in [5, 5.41) is -0.123. The van der Waals surface area contributed by atoms with Gasteiger partial charge in [0.1, 0.15) is 17.0 Å². The topological polar surface area (TPSA) is 61.9 Å². The third-order valence-corrected chi connectivity index (χ3v) is 4.87. The lowest BCUT2D eigenvalue weighted by Gasteiger charge is -2.21. The number of imidazole rings is 1. The van der Waals surface area contributed by atoms with E-state index in [1.165, 1.54) is 0 Å². The van der Waals surface area contributed by atoms with E-state index < -0.39 is 0 Å². The van der Waals surface area contributed by atoms with Crippen molar-refractivity contribution < 1.29 is 4.79 Å². The number of amides is 1. The number of rotatable bonds is 3. The van der Waals surface area contributed by atoms with Gasteiger partial charge in [-0.3, -0.25) is 9.69 Å². The Balaban J connectivity index is 1.67. The van der Waals surface area contributed by atoms with Gasteiger partial charge < -0.3 is 4.98 Å². The van der Waals surface area contributed by atoms with Crippen LogP contribution in [0, 0.1) is 0 Å². The van der Waals surface area contributed by atoms with Crippen LogP contribution in [0.4, 0.5) is 5.82 Å². The molecule has 1 fully saturated rings. The van der Waals surface area contributed by atoms with Gasteiger partial charge in [-0.25, -0.2) is 9.97 Å². The lowest BCUT2D eigenvalue weighted by atomic mass is 10.2. The van der Waals surface area contributed by atoms with Crippen LogP contribution in [-0.2, 0) is 4.79 Å². The van der Waals surface area contributed by atoms with Gasteiger partial charge in [-0.15, -0.1) is 11.8 Å². The van der Waals surface area contributed by atoms with Crippen molar-refractivity contribution >= 4 is 23.5 Å². The van der Waals surface area contributed by atoms with Gasteiger partial charge in [-0.2, -0.15) is 0 Å². The summed E-state index contributed by atoms with van der Waals surface area (Å²) in [6.45, 7) is 0. The van der Waals surface area contributed by atoms with E-state index in [4.69, 9.17) is 0 Å². The van der Waals surface area contributed by atoms with E-state index in [0.717, 1.165) is 17.1 Å². The monoisotopic (exact) mass is 322 g/mol. The number of hydrogen-bond donors (Lipinski definition) is 1. The van der Waals surface area contributed by atoms with Gasteiger partial charge >= 0.3 is 0 Å². The summed E-state index contributed by atoms with van der Waals surface area (Å²) in [5.74, 6) is 1.99. The third kappa shape index (κ3) is 2.61. The molecule has 1 N–H and O–H groups in total. The molecule has 2 aromatic heterocycles. The van der Waals surface area contributed by atoms with E-state index in [0.29, 0.717) is 11.6 Å². The second-order valence-electron chi connectivity index (χ2n) is 5.17. The Hall–Kier alpha value is -2.60. The minimum Gasteiger partial charge on any atom is -0.339 e. The fourth-order valence-electron chi connectivity index (χ4n) is 2.60. The molecule has 0 saturated carbocycles. The third-order valence-electron chi connectivity index (χ3n) is 3.67. The number of hydrogen-bond acceptors (Lipinski definition) is 4. The molecule has 1 saturated heterocycles. The molecule has 0 bridgehead atoms. The standard InChI is InChI=1S/C17H14N4OS/c22-15-11-23-17(21(15)14-8-4-5-9-18-14)13-10-19-16(20-13)12-6-2-1-3-7-12/h1-10,17H,11H2,(H,19,20). The Morgan fingerprint density at radius 2 is 1.91 bits per heavy atom. The molecule has 1 aliphatic heterocycles.